The van der Waals surface area contributed by atoms with E-state index in [4.69, 9.17) is 11.6 Å². The van der Waals surface area contributed by atoms with Crippen LogP contribution in [-0.2, 0) is 9.59 Å². The number of benzene rings is 2. The van der Waals surface area contributed by atoms with Crippen molar-refractivity contribution in [1.29, 1.82) is 0 Å². The van der Waals surface area contributed by atoms with Crippen LogP contribution in [-0.4, -0.2) is 28.7 Å². The minimum Gasteiger partial charge on any atom is -0.361 e. The second-order valence-corrected chi connectivity index (χ2v) is 7.68. The molecule has 2 aromatic carbocycles. The third kappa shape index (κ3) is 4.01. The molecule has 0 radical (unpaired) electrons. The van der Waals surface area contributed by atoms with E-state index in [9.17, 15) is 9.59 Å². The zero-order valence-electron chi connectivity index (χ0n) is 16.1. The largest absolute Gasteiger partial charge is 0.361 e. The lowest BCUT2D eigenvalue weighted by Crippen LogP contribution is -2.46. The normalized spacial score (nSPS) is 15.3. The molecule has 1 aromatic heterocycles. The molecule has 1 saturated carbocycles. The lowest BCUT2D eigenvalue weighted by molar-refractivity contribution is -0.126. The summed E-state index contributed by atoms with van der Waals surface area (Å²) in [7, 11) is 0. The molecule has 2 amide bonds. The van der Waals surface area contributed by atoms with Gasteiger partial charge in [-0.3, -0.25) is 14.5 Å². The van der Waals surface area contributed by atoms with Crippen LogP contribution in [0.2, 0.25) is 0 Å². The number of rotatable bonds is 6. The fourth-order valence-corrected chi connectivity index (χ4v) is 4.29. The first-order valence-corrected chi connectivity index (χ1v) is 10.5. The molecule has 5 nitrogen and oxygen atoms in total. The molecule has 1 atom stereocenters. The van der Waals surface area contributed by atoms with Gasteiger partial charge in [0, 0.05) is 34.4 Å². The maximum Gasteiger partial charge on any atom is 0.248 e. The Morgan fingerprint density at radius 3 is 2.48 bits per heavy atom. The summed E-state index contributed by atoms with van der Waals surface area (Å²) in [4.78, 5) is 31.2. The molecule has 1 aliphatic rings. The molecule has 0 saturated heterocycles. The van der Waals surface area contributed by atoms with Crippen molar-refractivity contribution in [3.63, 3.8) is 0 Å². The van der Waals surface area contributed by atoms with E-state index in [-0.39, 0.29) is 23.7 Å². The van der Waals surface area contributed by atoms with E-state index in [0.717, 1.165) is 42.1 Å². The Morgan fingerprint density at radius 1 is 1.07 bits per heavy atom. The maximum atomic E-state index is 13.5. The number of amides is 2. The number of nitrogens with zero attached hydrogens (tertiary/aromatic N) is 1. The Morgan fingerprint density at radius 2 is 1.76 bits per heavy atom. The van der Waals surface area contributed by atoms with Crippen molar-refractivity contribution in [3.05, 3.63) is 66.4 Å². The minimum absolute atomic E-state index is 0.152. The Bertz CT molecular complexity index is 996. The second-order valence-electron chi connectivity index (χ2n) is 7.42. The monoisotopic (exact) mass is 409 g/mol. The number of hydrogen-bond acceptors (Lipinski definition) is 2. The van der Waals surface area contributed by atoms with Crippen LogP contribution >= 0.6 is 11.6 Å². The van der Waals surface area contributed by atoms with E-state index >= 15 is 0 Å². The quantitative estimate of drug-likeness (QED) is 0.587. The van der Waals surface area contributed by atoms with E-state index in [0.29, 0.717) is 5.69 Å². The van der Waals surface area contributed by atoms with Crippen molar-refractivity contribution >= 4 is 40.0 Å². The molecule has 1 aliphatic carbocycles. The summed E-state index contributed by atoms with van der Waals surface area (Å²) in [5, 5.41) is 4.09. The van der Waals surface area contributed by atoms with E-state index in [1.807, 2.05) is 60.8 Å². The predicted molar refractivity (Wildman–Crippen MR) is 116 cm³/mol. The second kappa shape index (κ2) is 8.70. The summed E-state index contributed by atoms with van der Waals surface area (Å²) >= 11 is 5.96. The van der Waals surface area contributed by atoms with Crippen LogP contribution in [0.25, 0.3) is 10.9 Å². The van der Waals surface area contributed by atoms with Gasteiger partial charge in [0.15, 0.2) is 0 Å². The Kier molecular flexibility index (Phi) is 5.86. The lowest BCUT2D eigenvalue weighted by Gasteiger charge is -2.31. The summed E-state index contributed by atoms with van der Waals surface area (Å²) in [5.74, 6) is -0.691. The van der Waals surface area contributed by atoms with Gasteiger partial charge in [-0.2, -0.15) is 0 Å². The number of nitrogens with one attached hydrogen (secondary N) is 2. The van der Waals surface area contributed by atoms with Crippen molar-refractivity contribution in [2.45, 2.75) is 37.8 Å². The molecule has 4 rings (SSSR count). The highest BCUT2D eigenvalue weighted by atomic mass is 35.5. The highest BCUT2D eigenvalue weighted by Gasteiger charge is 2.35. The van der Waals surface area contributed by atoms with Crippen molar-refractivity contribution in [3.8, 4) is 0 Å². The molecule has 150 valence electrons. The van der Waals surface area contributed by atoms with Crippen LogP contribution in [0, 0.1) is 0 Å². The fraction of sp³-hybridized carbons (Fsp3) is 0.304. The van der Waals surface area contributed by atoms with Gasteiger partial charge in [-0.15, -0.1) is 11.6 Å². The molecule has 0 unspecified atom stereocenters. The average molecular weight is 410 g/mol. The number of anilines is 1. The number of carbonyl (C=O) groups is 2. The molecule has 0 aliphatic heterocycles. The van der Waals surface area contributed by atoms with Gasteiger partial charge in [-0.25, -0.2) is 0 Å². The molecule has 3 aromatic rings. The number of fused-ring (bicyclic) bond motifs is 1. The van der Waals surface area contributed by atoms with Gasteiger partial charge >= 0.3 is 0 Å². The first-order valence-electron chi connectivity index (χ1n) is 9.98. The summed E-state index contributed by atoms with van der Waals surface area (Å²) in [6, 6.07) is 16.4. The van der Waals surface area contributed by atoms with Crippen LogP contribution in [0.4, 0.5) is 5.69 Å². The molecule has 1 heterocycles. The molecule has 0 spiro atoms. The Labute approximate surface area is 175 Å². The number of aromatic amines is 1. The molecular formula is C23H24ClN3O2. The van der Waals surface area contributed by atoms with Gasteiger partial charge in [0.05, 0.1) is 0 Å². The average Bonchev–Trinajstić information content (AvgIpc) is 3.42. The molecule has 1 fully saturated rings. The van der Waals surface area contributed by atoms with Gasteiger partial charge in [0.1, 0.15) is 11.9 Å². The molecule has 2 N–H and O–H groups in total. The van der Waals surface area contributed by atoms with Crippen LogP contribution in [0.1, 0.15) is 37.3 Å². The zero-order chi connectivity index (χ0) is 20.2. The molecule has 6 heteroatoms. The van der Waals surface area contributed by atoms with E-state index in [2.05, 4.69) is 10.3 Å². The lowest BCUT2D eigenvalue weighted by atomic mass is 10.0. The molecule has 0 bridgehead atoms. The van der Waals surface area contributed by atoms with Crippen molar-refractivity contribution in [2.75, 3.05) is 10.8 Å². The number of halogens is 1. The summed E-state index contributed by atoms with van der Waals surface area (Å²) in [5.41, 5.74) is 2.33. The smallest absolute Gasteiger partial charge is 0.248 e. The number of H-pyrrole nitrogens is 1. The number of carbonyl (C=O) groups excluding carboxylic acids is 2. The predicted octanol–water partition coefficient (Wildman–Crippen LogP) is 4.54. The minimum atomic E-state index is -0.805. The number of para-hydroxylation sites is 2. The summed E-state index contributed by atoms with van der Waals surface area (Å²) in [6.07, 6.45) is 6.00. The standard InChI is InChI=1S/C23H24ClN3O2/c24-14-21(28)27(17-10-2-1-3-11-17)22(23(29)26-16-8-4-5-9-16)19-15-25-20-13-7-6-12-18(19)20/h1-3,6-7,10-13,15-16,22,25H,4-5,8-9,14H2,(H,26,29)/t22-/m1/s1. The van der Waals surface area contributed by atoms with E-state index in [1.165, 1.54) is 4.90 Å². The highest BCUT2D eigenvalue weighted by molar-refractivity contribution is 6.30. The van der Waals surface area contributed by atoms with Gasteiger partial charge in [0.25, 0.3) is 0 Å². The summed E-state index contributed by atoms with van der Waals surface area (Å²) < 4.78 is 0. The summed E-state index contributed by atoms with van der Waals surface area (Å²) in [6.45, 7) is 0. The number of aromatic nitrogens is 1. The fourth-order valence-electron chi connectivity index (χ4n) is 4.16. The highest BCUT2D eigenvalue weighted by Crippen LogP contribution is 2.33. The van der Waals surface area contributed by atoms with Crippen molar-refractivity contribution < 1.29 is 9.59 Å². The van der Waals surface area contributed by atoms with Crippen LogP contribution in [0.15, 0.2) is 60.8 Å². The number of alkyl halides is 1. The van der Waals surface area contributed by atoms with E-state index < -0.39 is 6.04 Å². The third-order valence-electron chi connectivity index (χ3n) is 5.54. The third-order valence-corrected chi connectivity index (χ3v) is 5.77. The van der Waals surface area contributed by atoms with Crippen LogP contribution in [0.3, 0.4) is 0 Å². The maximum absolute atomic E-state index is 13.5. The van der Waals surface area contributed by atoms with Crippen LogP contribution < -0.4 is 10.2 Å². The van der Waals surface area contributed by atoms with E-state index in [1.54, 1.807) is 0 Å². The van der Waals surface area contributed by atoms with Crippen molar-refractivity contribution in [1.82, 2.24) is 10.3 Å². The number of hydrogen-bond donors (Lipinski definition) is 2. The Hall–Kier alpha value is -2.79. The van der Waals surface area contributed by atoms with Crippen LogP contribution in [0.5, 0.6) is 0 Å². The van der Waals surface area contributed by atoms with Gasteiger partial charge < -0.3 is 10.3 Å². The first kappa shape index (κ1) is 19.5. The topological polar surface area (TPSA) is 65.2 Å². The molecule has 29 heavy (non-hydrogen) atoms. The van der Waals surface area contributed by atoms with Gasteiger partial charge in [-0.1, -0.05) is 49.2 Å². The Balaban J connectivity index is 1.81. The molecular weight excluding hydrogens is 386 g/mol. The van der Waals surface area contributed by atoms with Gasteiger partial charge in [-0.05, 0) is 31.0 Å². The SMILES string of the molecule is O=C(NC1CCCC1)[C@@H](c1c[nH]c2ccccc12)N(C(=O)CCl)c1ccccc1. The van der Waals surface area contributed by atoms with Crippen molar-refractivity contribution in [2.24, 2.45) is 0 Å². The first-order chi connectivity index (χ1) is 14.2. The van der Waals surface area contributed by atoms with Gasteiger partial charge in [0.2, 0.25) is 11.8 Å². The zero-order valence-corrected chi connectivity index (χ0v) is 16.9.